The van der Waals surface area contributed by atoms with E-state index >= 15 is 0 Å². The van der Waals surface area contributed by atoms with Crippen LogP contribution in [0, 0.1) is 5.92 Å². The van der Waals surface area contributed by atoms with Crippen molar-refractivity contribution in [2.75, 3.05) is 45.8 Å². The number of carbonyl (C=O) groups excluding carboxylic acids is 1. The fraction of sp³-hybridized carbons (Fsp3) is 0.944. The van der Waals surface area contributed by atoms with Gasteiger partial charge in [0.25, 0.3) is 0 Å². The van der Waals surface area contributed by atoms with Gasteiger partial charge >= 0.3 is 0 Å². The van der Waals surface area contributed by atoms with Crippen molar-refractivity contribution in [2.45, 2.75) is 57.8 Å². The average molecular weight is 344 g/mol. The van der Waals surface area contributed by atoms with E-state index in [1.54, 1.807) is 0 Å². The summed E-state index contributed by atoms with van der Waals surface area (Å²) in [6, 6.07) is 0. The van der Waals surface area contributed by atoms with Crippen LogP contribution in [0.4, 0.5) is 0 Å². The van der Waals surface area contributed by atoms with Crippen LogP contribution in [0.2, 0.25) is 0 Å². The smallest absolute Gasteiger partial charge is 0.207 e. The van der Waals surface area contributed by atoms with Crippen molar-refractivity contribution in [2.24, 2.45) is 17.4 Å². The third-order valence-electron chi connectivity index (χ3n) is 4.25. The summed E-state index contributed by atoms with van der Waals surface area (Å²) >= 11 is 0. The first-order valence-electron chi connectivity index (χ1n) is 9.83. The first kappa shape index (κ1) is 23.3. The Morgan fingerprint density at radius 1 is 0.708 bits per heavy atom. The molecular weight excluding hydrogens is 302 g/mol. The first-order chi connectivity index (χ1) is 11.8. The van der Waals surface area contributed by atoms with E-state index in [1.807, 2.05) is 0 Å². The van der Waals surface area contributed by atoms with Crippen LogP contribution in [0.15, 0.2) is 0 Å². The molecule has 0 rings (SSSR count). The molecule has 0 atom stereocenters. The maximum Gasteiger partial charge on any atom is 0.207 e. The van der Waals surface area contributed by atoms with Crippen molar-refractivity contribution in [3.63, 3.8) is 0 Å². The zero-order valence-corrected chi connectivity index (χ0v) is 15.5. The molecule has 0 saturated heterocycles. The highest BCUT2D eigenvalue weighted by molar-refractivity contribution is 5.45. The lowest BCUT2D eigenvalue weighted by Gasteiger charge is -2.18. The second-order valence-electron chi connectivity index (χ2n) is 6.54. The summed E-state index contributed by atoms with van der Waals surface area (Å²) in [6.45, 7) is 6.68. The molecule has 0 aromatic rings. The summed E-state index contributed by atoms with van der Waals surface area (Å²) in [6.07, 6.45) is 11.4. The molecule has 0 spiro atoms. The van der Waals surface area contributed by atoms with Crippen molar-refractivity contribution in [1.82, 2.24) is 16.0 Å². The van der Waals surface area contributed by atoms with E-state index in [-0.39, 0.29) is 0 Å². The Bertz CT molecular complexity index is 240. The van der Waals surface area contributed by atoms with E-state index in [0.29, 0.717) is 5.92 Å². The summed E-state index contributed by atoms with van der Waals surface area (Å²) in [5, 5.41) is 9.87. The van der Waals surface area contributed by atoms with Crippen molar-refractivity contribution in [3.8, 4) is 0 Å². The molecule has 0 heterocycles. The molecule has 0 aromatic carbocycles. The lowest BCUT2D eigenvalue weighted by atomic mass is 10.00. The second kappa shape index (κ2) is 20.4. The molecule has 0 unspecified atom stereocenters. The van der Waals surface area contributed by atoms with Gasteiger partial charge in [-0.1, -0.05) is 19.3 Å². The summed E-state index contributed by atoms with van der Waals surface area (Å²) in [7, 11) is 0. The number of hydrogen-bond donors (Lipinski definition) is 5. The number of rotatable bonds is 20. The van der Waals surface area contributed by atoms with Crippen LogP contribution in [-0.4, -0.2) is 52.2 Å². The highest BCUT2D eigenvalue weighted by atomic mass is 16.1. The second-order valence-corrected chi connectivity index (χ2v) is 6.54. The van der Waals surface area contributed by atoms with Crippen LogP contribution in [0.1, 0.15) is 57.8 Å². The first-order valence-corrected chi connectivity index (χ1v) is 9.83. The standard InChI is InChI=1S/C18H41N5O/c19-10-4-7-12-21-15-18(16-22-13-8-5-11-20)9-3-1-2-6-14-23-17-24/h17-18,21-22H,1-16,19-20H2,(H,23,24). The minimum Gasteiger partial charge on any atom is -0.359 e. The number of nitrogens with two attached hydrogens (primary N) is 2. The Hall–Kier alpha value is -0.690. The van der Waals surface area contributed by atoms with Crippen LogP contribution in [0.3, 0.4) is 0 Å². The molecule has 0 aromatic heterocycles. The van der Waals surface area contributed by atoms with Gasteiger partial charge in [-0.25, -0.2) is 0 Å². The van der Waals surface area contributed by atoms with Crippen LogP contribution in [-0.2, 0) is 4.79 Å². The molecule has 0 radical (unpaired) electrons. The predicted molar refractivity (Wildman–Crippen MR) is 103 cm³/mol. The van der Waals surface area contributed by atoms with Crippen molar-refractivity contribution in [1.29, 1.82) is 0 Å². The molecule has 0 saturated carbocycles. The average Bonchev–Trinajstić information content (AvgIpc) is 2.59. The molecule has 7 N–H and O–H groups in total. The predicted octanol–water partition coefficient (Wildman–Crippen LogP) is 0.956. The van der Waals surface area contributed by atoms with E-state index < -0.39 is 0 Å². The summed E-state index contributed by atoms with van der Waals surface area (Å²) < 4.78 is 0. The van der Waals surface area contributed by atoms with Gasteiger partial charge in [0, 0.05) is 6.54 Å². The van der Waals surface area contributed by atoms with Gasteiger partial charge in [-0.2, -0.15) is 0 Å². The number of unbranched alkanes of at least 4 members (excludes halogenated alkanes) is 5. The monoisotopic (exact) mass is 343 g/mol. The van der Waals surface area contributed by atoms with Gasteiger partial charge in [0.15, 0.2) is 0 Å². The van der Waals surface area contributed by atoms with Crippen molar-refractivity contribution in [3.05, 3.63) is 0 Å². The van der Waals surface area contributed by atoms with Gasteiger partial charge in [-0.15, -0.1) is 0 Å². The Morgan fingerprint density at radius 3 is 1.79 bits per heavy atom. The number of nitrogens with one attached hydrogen (secondary N) is 3. The van der Waals surface area contributed by atoms with Crippen LogP contribution >= 0.6 is 0 Å². The Kier molecular flexibility index (Phi) is 19.8. The minimum atomic E-state index is 0.689. The lowest BCUT2D eigenvalue weighted by molar-refractivity contribution is -0.109. The zero-order valence-electron chi connectivity index (χ0n) is 15.5. The lowest BCUT2D eigenvalue weighted by Crippen LogP contribution is -2.32. The Labute approximate surface area is 148 Å². The van der Waals surface area contributed by atoms with E-state index in [0.717, 1.165) is 84.3 Å². The molecule has 144 valence electrons. The Balaban J connectivity index is 3.74. The van der Waals surface area contributed by atoms with Crippen molar-refractivity contribution < 1.29 is 4.79 Å². The minimum absolute atomic E-state index is 0.689. The molecule has 6 heteroatoms. The van der Waals surface area contributed by atoms with E-state index in [4.69, 9.17) is 11.5 Å². The fourth-order valence-corrected chi connectivity index (χ4v) is 2.75. The quantitative estimate of drug-likeness (QED) is 0.167. The highest BCUT2D eigenvalue weighted by Crippen LogP contribution is 2.10. The van der Waals surface area contributed by atoms with Gasteiger partial charge in [-0.3, -0.25) is 4.79 Å². The van der Waals surface area contributed by atoms with E-state index in [2.05, 4.69) is 16.0 Å². The van der Waals surface area contributed by atoms with E-state index in [9.17, 15) is 4.79 Å². The molecule has 0 aliphatic carbocycles. The molecular formula is C18H41N5O. The maximum atomic E-state index is 10.2. The fourth-order valence-electron chi connectivity index (χ4n) is 2.75. The summed E-state index contributed by atoms with van der Waals surface area (Å²) in [5.41, 5.74) is 11.1. The van der Waals surface area contributed by atoms with Crippen molar-refractivity contribution >= 4 is 6.41 Å². The van der Waals surface area contributed by atoms with E-state index in [1.165, 1.54) is 25.7 Å². The topological polar surface area (TPSA) is 105 Å². The van der Waals surface area contributed by atoms with Gasteiger partial charge in [0.1, 0.15) is 0 Å². The molecule has 6 nitrogen and oxygen atoms in total. The number of amides is 1. The van der Waals surface area contributed by atoms with Crippen LogP contribution < -0.4 is 27.4 Å². The normalized spacial score (nSPS) is 11.1. The Morgan fingerprint density at radius 2 is 1.25 bits per heavy atom. The SMILES string of the molecule is NCCCCNCC(CCCCCCNC=O)CNCCCCN. The summed E-state index contributed by atoms with van der Waals surface area (Å²) in [4.78, 5) is 10.2. The van der Waals surface area contributed by atoms with Gasteiger partial charge in [0.05, 0.1) is 0 Å². The molecule has 24 heavy (non-hydrogen) atoms. The third-order valence-corrected chi connectivity index (χ3v) is 4.25. The van der Waals surface area contributed by atoms with Crippen LogP contribution in [0.5, 0.6) is 0 Å². The van der Waals surface area contributed by atoms with Gasteiger partial charge in [-0.05, 0) is 83.7 Å². The summed E-state index contributed by atoms with van der Waals surface area (Å²) in [5.74, 6) is 0.689. The highest BCUT2D eigenvalue weighted by Gasteiger charge is 2.08. The zero-order chi connectivity index (χ0) is 17.7. The van der Waals surface area contributed by atoms with Crippen LogP contribution in [0.25, 0.3) is 0 Å². The number of carbonyl (C=O) groups is 1. The molecule has 0 aliphatic heterocycles. The number of hydrogen-bond acceptors (Lipinski definition) is 5. The van der Waals surface area contributed by atoms with Gasteiger partial charge in [0.2, 0.25) is 6.41 Å². The maximum absolute atomic E-state index is 10.2. The third kappa shape index (κ3) is 17.7. The van der Waals surface area contributed by atoms with Gasteiger partial charge < -0.3 is 27.4 Å². The largest absolute Gasteiger partial charge is 0.359 e. The molecule has 0 aliphatic rings. The molecule has 1 amide bonds. The molecule has 0 bridgehead atoms. The molecule has 0 fully saturated rings.